The van der Waals surface area contributed by atoms with Crippen molar-refractivity contribution < 1.29 is 41.1 Å². The molecule has 0 radical (unpaired) electrons. The van der Waals surface area contributed by atoms with E-state index in [4.69, 9.17) is 0 Å². The normalized spacial score (nSPS) is 22.5. The van der Waals surface area contributed by atoms with Gasteiger partial charge in [0.2, 0.25) is 11.8 Å². The van der Waals surface area contributed by atoms with E-state index in [2.05, 4.69) is 10.6 Å². The van der Waals surface area contributed by atoms with Crippen molar-refractivity contribution >= 4 is 35.1 Å². The number of halogens is 5. The lowest BCUT2D eigenvalue weighted by Gasteiger charge is -2.32. The Morgan fingerprint density at radius 3 is 2.49 bits per heavy atom. The zero-order valence-corrected chi connectivity index (χ0v) is 18.0. The molecule has 2 aliphatic heterocycles. The van der Waals surface area contributed by atoms with Gasteiger partial charge in [-0.25, -0.2) is 13.6 Å². The van der Waals surface area contributed by atoms with E-state index in [1.54, 1.807) is 0 Å². The number of benzene rings is 2. The molecule has 0 spiro atoms. The van der Waals surface area contributed by atoms with Crippen molar-refractivity contribution in [2.45, 2.75) is 31.1 Å². The maximum atomic E-state index is 14.3. The lowest BCUT2D eigenvalue weighted by Crippen LogP contribution is -2.53. The first-order chi connectivity index (χ1) is 16.3. The lowest BCUT2D eigenvalue weighted by atomic mass is 9.91. The second kappa shape index (κ2) is 8.32. The molecular weight excluding hydrogens is 479 g/mol. The fourth-order valence-corrected chi connectivity index (χ4v) is 4.11. The number of carbonyl (C=O) groups is 4. The predicted molar refractivity (Wildman–Crippen MR) is 111 cm³/mol. The SMILES string of the molecule is CC1(c2cc(F)ccc2F)NC(=O)N(CC(=O)N2c3ccccc3NC(=O)CC2C(F)(F)F)C1=O. The van der Waals surface area contributed by atoms with E-state index in [1.165, 1.54) is 24.3 Å². The molecule has 0 bridgehead atoms. The van der Waals surface area contributed by atoms with Gasteiger partial charge in [-0.15, -0.1) is 0 Å². The van der Waals surface area contributed by atoms with Crippen LogP contribution in [-0.2, 0) is 19.9 Å². The summed E-state index contributed by atoms with van der Waals surface area (Å²) in [5, 5.41) is 4.47. The molecule has 5 amide bonds. The minimum atomic E-state index is -5.03. The molecule has 0 aliphatic carbocycles. The van der Waals surface area contributed by atoms with Crippen LogP contribution in [0.4, 0.5) is 38.1 Å². The van der Waals surface area contributed by atoms with Crippen LogP contribution in [0.15, 0.2) is 42.5 Å². The smallest absolute Gasteiger partial charge is 0.324 e. The summed E-state index contributed by atoms with van der Waals surface area (Å²) in [6.45, 7) is -0.0653. The van der Waals surface area contributed by atoms with Crippen molar-refractivity contribution in [3.05, 3.63) is 59.7 Å². The summed E-state index contributed by atoms with van der Waals surface area (Å²) in [6, 6.07) is 3.74. The van der Waals surface area contributed by atoms with Crippen molar-refractivity contribution in [2.75, 3.05) is 16.8 Å². The highest BCUT2D eigenvalue weighted by atomic mass is 19.4. The van der Waals surface area contributed by atoms with Crippen LogP contribution in [0, 0.1) is 11.6 Å². The number of alkyl halides is 3. The Morgan fingerprint density at radius 1 is 1.11 bits per heavy atom. The van der Waals surface area contributed by atoms with E-state index in [9.17, 15) is 41.1 Å². The maximum absolute atomic E-state index is 14.3. The first-order valence-corrected chi connectivity index (χ1v) is 10.2. The van der Waals surface area contributed by atoms with Crippen molar-refractivity contribution in [2.24, 2.45) is 0 Å². The van der Waals surface area contributed by atoms with E-state index < -0.39 is 71.7 Å². The zero-order valence-electron chi connectivity index (χ0n) is 18.0. The first-order valence-electron chi connectivity index (χ1n) is 10.2. The third-order valence-corrected chi connectivity index (χ3v) is 5.81. The van der Waals surface area contributed by atoms with Crippen LogP contribution in [0.3, 0.4) is 0 Å². The van der Waals surface area contributed by atoms with Crippen LogP contribution in [-0.4, -0.2) is 47.4 Å². The lowest BCUT2D eigenvalue weighted by molar-refractivity contribution is -0.158. The zero-order chi connectivity index (χ0) is 25.7. The van der Waals surface area contributed by atoms with Crippen LogP contribution >= 0.6 is 0 Å². The second-order valence-electron chi connectivity index (χ2n) is 8.16. The van der Waals surface area contributed by atoms with Gasteiger partial charge in [0.05, 0.1) is 17.8 Å². The number of hydrogen-bond acceptors (Lipinski definition) is 4. The molecule has 184 valence electrons. The number of nitrogens with zero attached hydrogens (tertiary/aromatic N) is 2. The topological polar surface area (TPSA) is 98.8 Å². The van der Waals surface area contributed by atoms with Crippen molar-refractivity contribution in [3.63, 3.8) is 0 Å². The molecule has 4 rings (SSSR count). The summed E-state index contributed by atoms with van der Waals surface area (Å²) in [5.74, 6) is -5.38. The first kappa shape index (κ1) is 24.1. The highest BCUT2D eigenvalue weighted by Gasteiger charge is 2.53. The quantitative estimate of drug-likeness (QED) is 0.504. The number of para-hydroxylation sites is 2. The largest absolute Gasteiger partial charge is 0.409 e. The van der Waals surface area contributed by atoms with E-state index in [1.807, 2.05) is 0 Å². The second-order valence-corrected chi connectivity index (χ2v) is 8.16. The minimum Gasteiger partial charge on any atom is -0.324 e. The maximum Gasteiger partial charge on any atom is 0.409 e. The summed E-state index contributed by atoms with van der Waals surface area (Å²) in [5.41, 5.74) is -2.98. The average Bonchev–Trinajstić information content (AvgIpc) is 2.90. The van der Waals surface area contributed by atoms with Crippen molar-refractivity contribution in [3.8, 4) is 0 Å². The van der Waals surface area contributed by atoms with Gasteiger partial charge < -0.3 is 10.6 Å². The third kappa shape index (κ3) is 4.17. The molecule has 8 nitrogen and oxygen atoms in total. The van der Waals surface area contributed by atoms with Gasteiger partial charge in [-0.2, -0.15) is 13.2 Å². The van der Waals surface area contributed by atoms with E-state index in [0.29, 0.717) is 15.9 Å². The Hall–Kier alpha value is -4.03. The number of rotatable bonds is 3. The summed E-state index contributed by atoms with van der Waals surface area (Å²) < 4.78 is 69.7. The Morgan fingerprint density at radius 2 is 1.80 bits per heavy atom. The Kier molecular flexibility index (Phi) is 5.73. The number of anilines is 2. The van der Waals surface area contributed by atoms with Crippen LogP contribution in [0.5, 0.6) is 0 Å². The van der Waals surface area contributed by atoms with Gasteiger partial charge in [-0.1, -0.05) is 12.1 Å². The molecule has 2 aromatic carbocycles. The molecule has 0 saturated carbocycles. The molecule has 2 heterocycles. The third-order valence-electron chi connectivity index (χ3n) is 5.81. The molecule has 1 fully saturated rings. The molecule has 35 heavy (non-hydrogen) atoms. The minimum absolute atomic E-state index is 0.0681. The summed E-state index contributed by atoms with van der Waals surface area (Å²) in [6.07, 6.45) is -6.14. The molecular formula is C22H17F5N4O4. The van der Waals surface area contributed by atoms with Crippen molar-refractivity contribution in [1.29, 1.82) is 0 Å². The Bertz CT molecular complexity index is 1250. The number of carbonyl (C=O) groups excluding carboxylic acids is 4. The molecule has 2 N–H and O–H groups in total. The molecule has 2 atom stereocenters. The van der Waals surface area contributed by atoms with Crippen LogP contribution < -0.4 is 15.5 Å². The summed E-state index contributed by atoms with van der Waals surface area (Å²) in [4.78, 5) is 51.5. The number of hydrogen-bond donors (Lipinski definition) is 2. The van der Waals surface area contributed by atoms with Gasteiger partial charge in [-0.05, 0) is 37.3 Å². The number of imide groups is 1. The molecule has 0 aromatic heterocycles. The highest BCUT2D eigenvalue weighted by molar-refractivity contribution is 6.12. The number of urea groups is 1. The van der Waals surface area contributed by atoms with Crippen LogP contribution in [0.2, 0.25) is 0 Å². The van der Waals surface area contributed by atoms with Gasteiger partial charge >= 0.3 is 12.2 Å². The monoisotopic (exact) mass is 496 g/mol. The van der Waals surface area contributed by atoms with E-state index in [0.717, 1.165) is 19.1 Å². The van der Waals surface area contributed by atoms with Gasteiger partial charge in [0, 0.05) is 5.56 Å². The standard InChI is InChI=1S/C22H17F5N4O4/c1-21(12-8-11(23)6-7-13(12)24)19(34)30(20(35)29-21)10-18(33)31-15-5-3-2-4-14(15)28-17(32)9-16(31)22(25,26)27/h2-8,16H,9-10H2,1H3,(H,28,32)(H,29,35). The predicted octanol–water partition coefficient (Wildman–Crippen LogP) is 3.04. The van der Waals surface area contributed by atoms with Gasteiger partial charge in [0.1, 0.15) is 29.8 Å². The summed E-state index contributed by atoms with van der Waals surface area (Å²) >= 11 is 0. The Labute approximate surface area is 194 Å². The fraction of sp³-hybridized carbons (Fsp3) is 0.273. The molecule has 13 heteroatoms. The Balaban J connectivity index is 1.70. The number of amides is 5. The molecule has 1 saturated heterocycles. The average molecular weight is 496 g/mol. The van der Waals surface area contributed by atoms with E-state index in [-0.39, 0.29) is 11.4 Å². The molecule has 2 unspecified atom stereocenters. The number of fused-ring (bicyclic) bond motifs is 1. The van der Waals surface area contributed by atoms with Crippen LogP contribution in [0.1, 0.15) is 18.9 Å². The molecule has 2 aromatic rings. The van der Waals surface area contributed by atoms with E-state index >= 15 is 0 Å². The van der Waals surface area contributed by atoms with Gasteiger partial charge in [-0.3, -0.25) is 24.2 Å². The van der Waals surface area contributed by atoms with Gasteiger partial charge in [0.25, 0.3) is 5.91 Å². The molecule has 2 aliphatic rings. The summed E-state index contributed by atoms with van der Waals surface area (Å²) in [7, 11) is 0. The fourth-order valence-electron chi connectivity index (χ4n) is 4.11. The number of nitrogens with one attached hydrogen (secondary N) is 2. The van der Waals surface area contributed by atoms with Crippen molar-refractivity contribution in [1.82, 2.24) is 10.2 Å². The van der Waals surface area contributed by atoms with Crippen LogP contribution in [0.25, 0.3) is 0 Å². The highest BCUT2D eigenvalue weighted by Crippen LogP contribution is 2.38. The van der Waals surface area contributed by atoms with Gasteiger partial charge in [0.15, 0.2) is 0 Å².